The van der Waals surface area contributed by atoms with E-state index in [4.69, 9.17) is 10.5 Å². The van der Waals surface area contributed by atoms with Crippen LogP contribution in [0.25, 0.3) is 10.8 Å². The fourth-order valence-corrected chi connectivity index (χ4v) is 3.16. The molecule has 3 heteroatoms. The van der Waals surface area contributed by atoms with E-state index in [-0.39, 0.29) is 6.04 Å². The molecule has 3 N–H and O–H groups in total. The molecule has 0 heterocycles. The second-order valence-electron chi connectivity index (χ2n) is 6.21. The molecule has 0 bridgehead atoms. The van der Waals surface area contributed by atoms with Gasteiger partial charge in [-0.2, -0.15) is 0 Å². The fourth-order valence-electron chi connectivity index (χ4n) is 3.16. The van der Waals surface area contributed by atoms with Crippen LogP contribution in [-0.4, -0.2) is 17.3 Å². The van der Waals surface area contributed by atoms with Gasteiger partial charge in [0.05, 0.1) is 5.60 Å². The Kier molecular flexibility index (Phi) is 3.87. The molecule has 1 atom stereocenters. The minimum absolute atomic E-state index is 0.0946. The van der Waals surface area contributed by atoms with Crippen LogP contribution in [0.3, 0.4) is 0 Å². The van der Waals surface area contributed by atoms with Gasteiger partial charge in [-0.25, -0.2) is 0 Å². The molecule has 0 saturated heterocycles. The molecule has 0 radical (unpaired) electrons. The van der Waals surface area contributed by atoms with E-state index in [0.717, 1.165) is 47.8 Å². The summed E-state index contributed by atoms with van der Waals surface area (Å²) >= 11 is 0. The molecule has 2 aromatic rings. The van der Waals surface area contributed by atoms with Crippen LogP contribution < -0.4 is 10.5 Å². The normalized spacial score (nSPS) is 18.8. The number of benzene rings is 2. The first-order valence-electron chi connectivity index (χ1n) is 7.71. The summed E-state index contributed by atoms with van der Waals surface area (Å²) in [7, 11) is 0. The van der Waals surface area contributed by atoms with Crippen LogP contribution in [0, 0.1) is 0 Å². The molecule has 1 aliphatic rings. The summed E-state index contributed by atoms with van der Waals surface area (Å²) in [6, 6.07) is 12.1. The van der Waals surface area contributed by atoms with Crippen LogP contribution in [0.2, 0.25) is 0 Å². The first-order chi connectivity index (χ1) is 10.1. The molecular formula is C18H23NO2. The van der Waals surface area contributed by atoms with Gasteiger partial charge in [0.1, 0.15) is 12.4 Å². The second kappa shape index (κ2) is 5.66. The molecule has 21 heavy (non-hydrogen) atoms. The SMILES string of the molecule is CC(N)c1ccc2ccccc2c1OCC1(O)CCCC1. The molecule has 1 fully saturated rings. The van der Waals surface area contributed by atoms with E-state index in [0.29, 0.717) is 6.61 Å². The van der Waals surface area contributed by atoms with Crippen molar-refractivity contribution in [1.82, 2.24) is 0 Å². The predicted molar refractivity (Wildman–Crippen MR) is 85.5 cm³/mol. The Morgan fingerprint density at radius 1 is 1.19 bits per heavy atom. The molecule has 1 unspecified atom stereocenters. The van der Waals surface area contributed by atoms with Crippen molar-refractivity contribution in [2.75, 3.05) is 6.61 Å². The van der Waals surface area contributed by atoms with Crippen LogP contribution in [0.4, 0.5) is 0 Å². The van der Waals surface area contributed by atoms with Crippen molar-refractivity contribution in [3.63, 3.8) is 0 Å². The third-order valence-electron chi connectivity index (χ3n) is 4.42. The number of nitrogens with two attached hydrogens (primary N) is 1. The summed E-state index contributed by atoms with van der Waals surface area (Å²) < 4.78 is 6.07. The quantitative estimate of drug-likeness (QED) is 0.903. The van der Waals surface area contributed by atoms with Gasteiger partial charge in [-0.3, -0.25) is 0 Å². The van der Waals surface area contributed by atoms with E-state index in [9.17, 15) is 5.11 Å². The molecule has 0 spiro atoms. The van der Waals surface area contributed by atoms with Gasteiger partial charge in [-0.1, -0.05) is 49.2 Å². The van der Waals surface area contributed by atoms with Gasteiger partial charge in [-0.15, -0.1) is 0 Å². The number of aliphatic hydroxyl groups is 1. The highest BCUT2D eigenvalue weighted by molar-refractivity contribution is 5.89. The Hall–Kier alpha value is -1.58. The van der Waals surface area contributed by atoms with Crippen LogP contribution in [0.15, 0.2) is 36.4 Å². The Morgan fingerprint density at radius 2 is 1.90 bits per heavy atom. The third-order valence-corrected chi connectivity index (χ3v) is 4.42. The highest BCUT2D eigenvalue weighted by atomic mass is 16.5. The van der Waals surface area contributed by atoms with Gasteiger partial charge in [0.15, 0.2) is 0 Å². The zero-order valence-electron chi connectivity index (χ0n) is 12.5. The first-order valence-corrected chi connectivity index (χ1v) is 7.71. The van der Waals surface area contributed by atoms with Crippen molar-refractivity contribution < 1.29 is 9.84 Å². The van der Waals surface area contributed by atoms with Gasteiger partial charge in [0.25, 0.3) is 0 Å². The summed E-state index contributed by atoms with van der Waals surface area (Å²) in [5.41, 5.74) is 6.40. The Morgan fingerprint density at radius 3 is 2.62 bits per heavy atom. The zero-order chi connectivity index (χ0) is 14.9. The summed E-state index contributed by atoms with van der Waals surface area (Å²) in [6.07, 6.45) is 3.81. The summed E-state index contributed by atoms with van der Waals surface area (Å²) in [5.74, 6) is 0.823. The van der Waals surface area contributed by atoms with Crippen molar-refractivity contribution in [1.29, 1.82) is 0 Å². The maximum Gasteiger partial charge on any atom is 0.132 e. The zero-order valence-corrected chi connectivity index (χ0v) is 12.5. The maximum absolute atomic E-state index is 10.5. The monoisotopic (exact) mass is 285 g/mol. The summed E-state index contributed by atoms with van der Waals surface area (Å²) in [5, 5.41) is 12.7. The van der Waals surface area contributed by atoms with Crippen LogP contribution >= 0.6 is 0 Å². The van der Waals surface area contributed by atoms with Gasteiger partial charge in [0.2, 0.25) is 0 Å². The third kappa shape index (κ3) is 2.89. The van der Waals surface area contributed by atoms with Crippen molar-refractivity contribution in [3.8, 4) is 5.75 Å². The lowest BCUT2D eigenvalue weighted by Gasteiger charge is -2.24. The van der Waals surface area contributed by atoms with E-state index in [2.05, 4.69) is 18.2 Å². The Labute approximate surface area is 125 Å². The van der Waals surface area contributed by atoms with Crippen molar-refractivity contribution >= 4 is 10.8 Å². The van der Waals surface area contributed by atoms with Gasteiger partial charge < -0.3 is 15.6 Å². The van der Waals surface area contributed by atoms with E-state index in [1.165, 1.54) is 0 Å². The molecule has 3 nitrogen and oxygen atoms in total. The molecular weight excluding hydrogens is 262 g/mol. The van der Waals surface area contributed by atoms with Gasteiger partial charge in [0, 0.05) is 17.0 Å². The Balaban J connectivity index is 1.96. The molecule has 2 aromatic carbocycles. The lowest BCUT2D eigenvalue weighted by atomic mass is 10.0. The number of hydrogen-bond donors (Lipinski definition) is 2. The fraction of sp³-hybridized carbons (Fsp3) is 0.444. The minimum atomic E-state index is -0.675. The predicted octanol–water partition coefficient (Wildman–Crippen LogP) is 3.54. The lowest BCUT2D eigenvalue weighted by molar-refractivity contribution is 0.00155. The Bertz CT molecular complexity index is 630. The average Bonchev–Trinajstić information content (AvgIpc) is 2.91. The number of ether oxygens (including phenoxy) is 1. The molecule has 0 amide bonds. The summed E-state index contributed by atoms with van der Waals surface area (Å²) in [6.45, 7) is 2.31. The highest BCUT2D eigenvalue weighted by Crippen LogP contribution is 2.35. The van der Waals surface area contributed by atoms with E-state index < -0.39 is 5.60 Å². The van der Waals surface area contributed by atoms with Gasteiger partial charge in [-0.05, 0) is 25.2 Å². The summed E-state index contributed by atoms with van der Waals surface area (Å²) in [4.78, 5) is 0. The van der Waals surface area contributed by atoms with E-state index >= 15 is 0 Å². The van der Waals surface area contributed by atoms with Crippen LogP contribution in [0.5, 0.6) is 5.75 Å². The molecule has 112 valence electrons. The number of fused-ring (bicyclic) bond motifs is 1. The first kappa shape index (κ1) is 14.4. The van der Waals surface area contributed by atoms with E-state index in [1.807, 2.05) is 25.1 Å². The minimum Gasteiger partial charge on any atom is -0.490 e. The van der Waals surface area contributed by atoms with E-state index in [1.54, 1.807) is 0 Å². The largest absolute Gasteiger partial charge is 0.490 e. The topological polar surface area (TPSA) is 55.5 Å². The molecule has 0 aliphatic heterocycles. The maximum atomic E-state index is 10.5. The van der Waals surface area contributed by atoms with Crippen molar-refractivity contribution in [2.45, 2.75) is 44.2 Å². The molecule has 3 rings (SSSR count). The van der Waals surface area contributed by atoms with Crippen LogP contribution in [-0.2, 0) is 0 Å². The van der Waals surface area contributed by atoms with Crippen molar-refractivity contribution in [3.05, 3.63) is 42.0 Å². The molecule has 0 aromatic heterocycles. The van der Waals surface area contributed by atoms with Crippen LogP contribution in [0.1, 0.15) is 44.2 Å². The highest BCUT2D eigenvalue weighted by Gasteiger charge is 2.32. The second-order valence-corrected chi connectivity index (χ2v) is 6.21. The smallest absolute Gasteiger partial charge is 0.132 e. The van der Waals surface area contributed by atoms with Crippen molar-refractivity contribution in [2.24, 2.45) is 5.73 Å². The molecule has 1 aliphatic carbocycles. The van der Waals surface area contributed by atoms with Gasteiger partial charge >= 0.3 is 0 Å². The average molecular weight is 285 g/mol. The number of hydrogen-bond acceptors (Lipinski definition) is 3. The number of rotatable bonds is 4. The lowest BCUT2D eigenvalue weighted by Crippen LogP contribution is -2.32. The molecule has 1 saturated carbocycles. The standard InChI is InChI=1S/C18H23NO2/c1-13(19)15-9-8-14-6-2-3-7-16(14)17(15)21-12-18(20)10-4-5-11-18/h2-3,6-9,13,20H,4-5,10-12,19H2,1H3.